The summed E-state index contributed by atoms with van der Waals surface area (Å²) in [5.74, 6) is 0.448. The summed E-state index contributed by atoms with van der Waals surface area (Å²) in [6, 6.07) is 51.2. The zero-order valence-electron chi connectivity index (χ0n) is 51.8. The molecule has 13 rings (SSSR count). The van der Waals surface area contributed by atoms with Gasteiger partial charge in [-0.25, -0.2) is 0 Å². The van der Waals surface area contributed by atoms with Crippen LogP contribution in [-0.4, -0.2) is 12.3 Å². The molecule has 3 unspecified atom stereocenters. The molecule has 0 saturated heterocycles. The highest BCUT2D eigenvalue weighted by Gasteiger charge is 2.62. The van der Waals surface area contributed by atoms with Crippen molar-refractivity contribution in [2.45, 2.75) is 182 Å². The molecule has 7 aromatic carbocycles. The molecule has 414 valence electrons. The van der Waals surface area contributed by atoms with E-state index in [-0.39, 0.29) is 44.7 Å². The van der Waals surface area contributed by atoms with Crippen molar-refractivity contribution >= 4 is 94.4 Å². The van der Waals surface area contributed by atoms with E-state index in [1.54, 1.807) is 5.56 Å². The van der Waals surface area contributed by atoms with Gasteiger partial charge in [0.2, 0.25) is 0 Å². The average molecular weight is 1080 g/mol. The van der Waals surface area contributed by atoms with Crippen LogP contribution in [0.25, 0.3) is 31.3 Å². The zero-order valence-corrected chi connectivity index (χ0v) is 52.6. The number of rotatable bonds is 5. The standard InChI is InChI=1S/C76H86BN3S/c1-70(2,3)48-25-31-53(32-26-48)78(54-33-27-49(28-34-54)71(4,5)6)55-45-63-66-64(46-55)80-68-59(75(16)39-21-22-40-76(75,80)17)43-52(74(13,14)15)44-60(68)77(66)67-62(37-35-56-58-42-51(73(10,11)12)30-38-65(58)81-69(56)67)79(63)61-36-29-50(72(7,8)9)41-57(61)47-23-19-18-20-24-47/h18-20,23-27,29-38,41-46,49H,21-22,28,39-40H2,1-17H3. The quantitative estimate of drug-likeness (QED) is 0.159. The van der Waals surface area contributed by atoms with Gasteiger partial charge in [-0.3, -0.25) is 0 Å². The lowest BCUT2D eigenvalue weighted by Gasteiger charge is -2.53. The Kier molecular flexibility index (Phi) is 12.1. The minimum absolute atomic E-state index is 0.0235. The molecule has 3 nitrogen and oxygen atoms in total. The lowest BCUT2D eigenvalue weighted by atomic mass is 9.33. The van der Waals surface area contributed by atoms with E-state index < -0.39 is 0 Å². The Balaban J connectivity index is 1.20. The topological polar surface area (TPSA) is 9.72 Å². The van der Waals surface area contributed by atoms with Gasteiger partial charge in [0.25, 0.3) is 6.71 Å². The molecule has 3 atom stereocenters. The number of hydrogen-bond donors (Lipinski definition) is 0. The number of benzene rings is 7. The van der Waals surface area contributed by atoms with Crippen LogP contribution in [0.3, 0.4) is 0 Å². The van der Waals surface area contributed by atoms with Crippen LogP contribution in [0.1, 0.15) is 178 Å². The van der Waals surface area contributed by atoms with Gasteiger partial charge in [-0.15, -0.1) is 11.3 Å². The minimum Gasteiger partial charge on any atom is -0.335 e. The summed E-state index contributed by atoms with van der Waals surface area (Å²) < 4.78 is 2.76. The second-order valence-electron chi connectivity index (χ2n) is 30.6. The first-order valence-corrected chi connectivity index (χ1v) is 31.3. The summed E-state index contributed by atoms with van der Waals surface area (Å²) in [5, 5.41) is 2.73. The molecular weight excluding hydrogens is 998 g/mol. The monoisotopic (exact) mass is 1080 g/mol. The fraction of sp³-hybridized carbons (Fsp3) is 0.395. The Morgan fingerprint density at radius 1 is 0.556 bits per heavy atom. The Labute approximate surface area is 490 Å². The minimum atomic E-state index is -0.166. The number of allylic oxidation sites excluding steroid dienone is 3. The molecule has 1 saturated carbocycles. The normalized spacial score (nSPS) is 20.6. The zero-order chi connectivity index (χ0) is 57.3. The van der Waals surface area contributed by atoms with Gasteiger partial charge in [0.05, 0.1) is 16.9 Å². The Bertz CT molecular complexity index is 3930. The third kappa shape index (κ3) is 8.38. The summed E-state index contributed by atoms with van der Waals surface area (Å²) in [4.78, 5) is 8.31. The molecule has 0 amide bonds. The fourth-order valence-electron chi connectivity index (χ4n) is 14.9. The molecule has 4 heterocycles. The van der Waals surface area contributed by atoms with Crippen molar-refractivity contribution in [1.82, 2.24) is 0 Å². The summed E-state index contributed by atoms with van der Waals surface area (Å²) >= 11 is 2.01. The Hall–Kier alpha value is -6.30. The van der Waals surface area contributed by atoms with E-state index >= 15 is 0 Å². The smallest absolute Gasteiger partial charge is 0.254 e. The molecular formula is C76H86BN3S. The molecule has 2 aliphatic carbocycles. The van der Waals surface area contributed by atoms with Crippen molar-refractivity contribution in [3.8, 4) is 11.1 Å². The van der Waals surface area contributed by atoms with Crippen molar-refractivity contribution in [2.75, 3.05) is 14.7 Å². The second kappa shape index (κ2) is 18.1. The van der Waals surface area contributed by atoms with Crippen molar-refractivity contribution < 1.29 is 0 Å². The summed E-state index contributed by atoms with van der Waals surface area (Å²) in [5.41, 5.74) is 23.9. The van der Waals surface area contributed by atoms with Gasteiger partial charge in [-0.2, -0.15) is 0 Å². The van der Waals surface area contributed by atoms with Crippen molar-refractivity contribution in [3.05, 3.63) is 179 Å². The average Bonchev–Trinajstić information content (AvgIpc) is 2.66. The summed E-state index contributed by atoms with van der Waals surface area (Å²) in [7, 11) is 0. The van der Waals surface area contributed by atoms with Crippen molar-refractivity contribution in [2.24, 2.45) is 11.3 Å². The van der Waals surface area contributed by atoms with Crippen LogP contribution in [0.4, 0.5) is 39.8 Å². The van der Waals surface area contributed by atoms with E-state index in [0.717, 1.165) is 12.8 Å². The van der Waals surface area contributed by atoms with E-state index in [1.165, 1.54) is 135 Å². The van der Waals surface area contributed by atoms with Crippen LogP contribution < -0.4 is 31.1 Å². The molecule has 0 spiro atoms. The van der Waals surface area contributed by atoms with Crippen LogP contribution in [-0.2, 0) is 27.1 Å². The first-order valence-electron chi connectivity index (χ1n) is 30.5. The molecule has 3 aliphatic heterocycles. The highest BCUT2D eigenvalue weighted by molar-refractivity contribution is 7.28. The van der Waals surface area contributed by atoms with Crippen LogP contribution in [0.15, 0.2) is 151 Å². The van der Waals surface area contributed by atoms with E-state index in [9.17, 15) is 0 Å². The third-order valence-corrected chi connectivity index (χ3v) is 21.5. The number of fused-ring (bicyclic) bond motifs is 11. The van der Waals surface area contributed by atoms with Gasteiger partial charge < -0.3 is 14.7 Å². The van der Waals surface area contributed by atoms with Gasteiger partial charge in [-0.1, -0.05) is 209 Å². The maximum atomic E-state index is 2.95. The third-order valence-electron chi connectivity index (χ3n) is 20.2. The Morgan fingerprint density at radius 2 is 1.19 bits per heavy atom. The lowest BCUT2D eigenvalue weighted by molar-refractivity contribution is 0.195. The predicted octanol–water partition coefficient (Wildman–Crippen LogP) is 19.9. The molecule has 0 radical (unpaired) electrons. The molecule has 0 bridgehead atoms. The molecule has 0 N–H and O–H groups in total. The molecule has 81 heavy (non-hydrogen) atoms. The first-order chi connectivity index (χ1) is 38.1. The van der Waals surface area contributed by atoms with Crippen molar-refractivity contribution in [3.63, 3.8) is 0 Å². The molecule has 8 aromatic rings. The highest BCUT2D eigenvalue weighted by Crippen LogP contribution is 2.63. The molecule has 5 aliphatic rings. The fourth-order valence-corrected chi connectivity index (χ4v) is 16.2. The SMILES string of the molecule is CC(C)(C)c1ccc(N(C2=CCC(C(C)(C)C)C=C2)c2cc3c4c(c2)N2c5c(cc(C(C)(C)C)cc5C5(C)CCCCC25C)B4c2c(ccc4c2sc2ccc(C(C)(C)C)cc24)N3c2ccc(C(C)(C)C)cc2-c2ccccc2)cc1. The van der Waals surface area contributed by atoms with Gasteiger partial charge >= 0.3 is 0 Å². The first kappa shape index (κ1) is 54.0. The number of anilines is 7. The molecule has 1 aromatic heterocycles. The highest BCUT2D eigenvalue weighted by atomic mass is 32.1. The van der Waals surface area contributed by atoms with Gasteiger partial charge in [0, 0.05) is 59.9 Å². The summed E-state index contributed by atoms with van der Waals surface area (Å²) in [6.07, 6.45) is 13.2. The van der Waals surface area contributed by atoms with Gasteiger partial charge in [0.15, 0.2) is 0 Å². The van der Waals surface area contributed by atoms with Gasteiger partial charge in [0.1, 0.15) is 0 Å². The lowest BCUT2D eigenvalue weighted by Crippen LogP contribution is -2.64. The second-order valence-corrected chi connectivity index (χ2v) is 31.7. The van der Waals surface area contributed by atoms with Crippen LogP contribution in [0.2, 0.25) is 0 Å². The van der Waals surface area contributed by atoms with Crippen LogP contribution in [0, 0.1) is 11.3 Å². The molecule has 1 fully saturated rings. The molecule has 5 heteroatoms. The number of nitrogens with zero attached hydrogens (tertiary/aromatic N) is 3. The van der Waals surface area contributed by atoms with Crippen molar-refractivity contribution in [1.29, 1.82) is 0 Å². The van der Waals surface area contributed by atoms with E-state index in [1.807, 2.05) is 11.3 Å². The van der Waals surface area contributed by atoms with Crippen LogP contribution >= 0.6 is 11.3 Å². The largest absolute Gasteiger partial charge is 0.335 e. The van der Waals surface area contributed by atoms with E-state index in [0.29, 0.717) is 5.92 Å². The van der Waals surface area contributed by atoms with E-state index in [2.05, 4.69) is 278 Å². The van der Waals surface area contributed by atoms with E-state index in [4.69, 9.17) is 0 Å². The Morgan fingerprint density at radius 3 is 1.84 bits per heavy atom. The number of hydrogen-bond acceptors (Lipinski definition) is 4. The number of thiophene rings is 1. The van der Waals surface area contributed by atoms with Gasteiger partial charge in [-0.05, 0) is 175 Å². The predicted molar refractivity (Wildman–Crippen MR) is 355 cm³/mol. The summed E-state index contributed by atoms with van der Waals surface area (Å²) in [6.45, 7) is 40.9. The maximum absolute atomic E-state index is 2.95. The van der Waals surface area contributed by atoms with Crippen LogP contribution in [0.5, 0.6) is 0 Å². The maximum Gasteiger partial charge on any atom is 0.254 e.